The van der Waals surface area contributed by atoms with Crippen molar-refractivity contribution < 1.29 is 27.5 Å². The number of pyridine rings is 2. The highest BCUT2D eigenvalue weighted by molar-refractivity contribution is 7.90. The number of benzene rings is 3. The zero-order valence-corrected chi connectivity index (χ0v) is 23.7. The summed E-state index contributed by atoms with van der Waals surface area (Å²) in [5, 5.41) is 1.40. The lowest BCUT2D eigenvalue weighted by Crippen LogP contribution is -2.18. The lowest BCUT2D eigenvalue weighted by molar-refractivity contribution is 0.0912. The van der Waals surface area contributed by atoms with Crippen LogP contribution in [-0.2, 0) is 10.0 Å². The molecular formula is C31H21ClN4O6S. The van der Waals surface area contributed by atoms with Crippen LogP contribution < -0.4 is 15.2 Å². The molecule has 6 aromatic rings. The molecule has 0 aliphatic heterocycles. The molecule has 0 aliphatic carbocycles. The van der Waals surface area contributed by atoms with E-state index in [1.807, 2.05) is 0 Å². The summed E-state index contributed by atoms with van der Waals surface area (Å²) in [5.74, 6) is -0.599. The van der Waals surface area contributed by atoms with Crippen LogP contribution in [0.5, 0.6) is 17.2 Å². The largest absolute Gasteiger partial charge is 0.483 e. The van der Waals surface area contributed by atoms with Crippen LogP contribution in [-0.4, -0.2) is 40.7 Å². The maximum Gasteiger partial charge on any atom is 0.271 e. The molecule has 6 rings (SSSR count). The zero-order chi connectivity index (χ0) is 30.1. The number of nitrogens with zero attached hydrogens (tertiary/aromatic N) is 3. The quantitative estimate of drug-likeness (QED) is 0.207. The number of hydrogen-bond acceptors (Lipinski definition) is 8. The van der Waals surface area contributed by atoms with Crippen molar-refractivity contribution in [1.82, 2.24) is 13.9 Å². The van der Waals surface area contributed by atoms with Crippen molar-refractivity contribution in [2.75, 3.05) is 6.61 Å². The smallest absolute Gasteiger partial charge is 0.271 e. The van der Waals surface area contributed by atoms with Crippen LogP contribution in [0.15, 0.2) is 108 Å². The first-order valence-electron chi connectivity index (χ1n) is 12.8. The second-order valence-electron chi connectivity index (χ2n) is 9.37. The molecule has 0 unspecified atom stereocenters. The lowest BCUT2D eigenvalue weighted by atomic mass is 10.1. The van der Waals surface area contributed by atoms with Crippen molar-refractivity contribution >= 4 is 55.1 Å². The minimum atomic E-state index is -4.11. The first-order valence-corrected chi connectivity index (χ1v) is 14.6. The Morgan fingerprint density at radius 3 is 2.49 bits per heavy atom. The summed E-state index contributed by atoms with van der Waals surface area (Å²) in [7, 11) is -4.11. The van der Waals surface area contributed by atoms with Crippen LogP contribution in [0.3, 0.4) is 0 Å². The topological polar surface area (TPSA) is 143 Å². The molecule has 2 N–H and O–H groups in total. The Morgan fingerprint density at radius 2 is 1.74 bits per heavy atom. The van der Waals surface area contributed by atoms with Gasteiger partial charge in [-0.15, -0.1) is 0 Å². The number of fused-ring (bicyclic) bond motifs is 2. The molecule has 1 amide bonds. The third kappa shape index (κ3) is 5.51. The Kier molecular flexibility index (Phi) is 7.26. The van der Waals surface area contributed by atoms with E-state index in [1.54, 1.807) is 66.9 Å². The predicted molar refractivity (Wildman–Crippen MR) is 160 cm³/mol. The van der Waals surface area contributed by atoms with Gasteiger partial charge in [-0.05, 0) is 54.6 Å². The molecule has 43 heavy (non-hydrogen) atoms. The van der Waals surface area contributed by atoms with Gasteiger partial charge in [0, 0.05) is 39.8 Å². The number of aromatic nitrogens is 3. The Labute approximate surface area is 250 Å². The average Bonchev–Trinajstić information content (AvgIpc) is 3.40. The first kappa shape index (κ1) is 27.9. The van der Waals surface area contributed by atoms with Crippen molar-refractivity contribution in [3.05, 3.63) is 120 Å². The van der Waals surface area contributed by atoms with Crippen molar-refractivity contribution in [2.24, 2.45) is 5.73 Å². The predicted octanol–water partition coefficient (Wildman–Crippen LogP) is 5.63. The molecule has 0 bridgehead atoms. The Morgan fingerprint density at radius 1 is 0.930 bits per heavy atom. The van der Waals surface area contributed by atoms with E-state index in [1.165, 1.54) is 36.7 Å². The van der Waals surface area contributed by atoms with Crippen molar-refractivity contribution in [2.45, 2.75) is 4.90 Å². The van der Waals surface area contributed by atoms with E-state index in [-0.39, 0.29) is 27.4 Å². The molecule has 0 atom stereocenters. The Bertz CT molecular complexity index is 2130. The fourth-order valence-electron chi connectivity index (χ4n) is 4.54. The molecule has 3 heterocycles. The molecule has 0 saturated heterocycles. The van der Waals surface area contributed by atoms with Gasteiger partial charge in [0.25, 0.3) is 15.9 Å². The number of halogens is 1. The molecule has 0 aliphatic rings. The maximum absolute atomic E-state index is 13.7. The number of amides is 1. The number of ketones is 1. The molecule has 0 saturated carbocycles. The number of nitrogens with two attached hydrogens (primary N) is 1. The summed E-state index contributed by atoms with van der Waals surface area (Å²) in [4.78, 5) is 34.0. The number of ether oxygens (including phenoxy) is 2. The summed E-state index contributed by atoms with van der Waals surface area (Å²) in [5.41, 5.74) is 6.09. The summed E-state index contributed by atoms with van der Waals surface area (Å²) in [6, 6.07) is 22.5. The number of carbonyl (C=O) groups excluding carboxylic acids is 2. The van der Waals surface area contributed by atoms with E-state index in [2.05, 4.69) is 9.97 Å². The van der Waals surface area contributed by atoms with Gasteiger partial charge in [-0.3, -0.25) is 14.6 Å². The van der Waals surface area contributed by atoms with Gasteiger partial charge in [0.05, 0.1) is 22.1 Å². The number of primary amides is 1. The molecule has 0 fully saturated rings. The van der Waals surface area contributed by atoms with E-state index in [9.17, 15) is 18.0 Å². The van der Waals surface area contributed by atoms with Gasteiger partial charge in [-0.25, -0.2) is 17.4 Å². The highest BCUT2D eigenvalue weighted by atomic mass is 35.5. The number of carbonyl (C=O) groups is 2. The summed E-state index contributed by atoms with van der Waals surface area (Å²) >= 11 is 6.04. The molecule has 3 aromatic carbocycles. The molecule has 3 aromatic heterocycles. The standard InChI is InChI=1S/C31H21ClN4O6S/c32-20-9-8-19-13-29(30(31(33)38)35-26(19)14-20)41-18-28(37)25-17-36(43(39,40)23-6-2-1-3-7-23)27-15-21(10-11-24(25)27)42-22-5-4-12-34-16-22/h1-17H,18H2,(H2,33,38). The van der Waals surface area contributed by atoms with Gasteiger partial charge in [-0.1, -0.05) is 35.9 Å². The Hall–Kier alpha value is -5.26. The molecule has 0 radical (unpaired) electrons. The molecule has 0 spiro atoms. The number of hydrogen-bond donors (Lipinski definition) is 1. The van der Waals surface area contributed by atoms with Crippen molar-refractivity contribution in [3.8, 4) is 17.2 Å². The highest BCUT2D eigenvalue weighted by Crippen LogP contribution is 2.32. The Balaban J connectivity index is 1.39. The molecule has 12 heteroatoms. The van der Waals surface area contributed by atoms with Gasteiger partial charge in [0.1, 0.15) is 11.5 Å². The maximum atomic E-state index is 13.7. The fourth-order valence-corrected chi connectivity index (χ4v) is 6.09. The third-order valence-electron chi connectivity index (χ3n) is 6.55. The van der Waals surface area contributed by atoms with E-state index < -0.39 is 28.3 Å². The lowest BCUT2D eigenvalue weighted by Gasteiger charge is -2.10. The van der Waals surface area contributed by atoms with E-state index in [0.717, 1.165) is 3.97 Å². The van der Waals surface area contributed by atoms with Gasteiger partial charge < -0.3 is 15.2 Å². The minimum absolute atomic E-state index is 0.00322. The fraction of sp³-hybridized carbons (Fsp3) is 0.0323. The minimum Gasteiger partial charge on any atom is -0.483 e. The third-order valence-corrected chi connectivity index (χ3v) is 8.47. The second kappa shape index (κ2) is 11.2. The van der Waals surface area contributed by atoms with Crippen LogP contribution in [0, 0.1) is 0 Å². The van der Waals surface area contributed by atoms with Crippen molar-refractivity contribution in [1.29, 1.82) is 0 Å². The highest BCUT2D eigenvalue weighted by Gasteiger charge is 2.25. The van der Waals surface area contributed by atoms with Crippen LogP contribution in [0.1, 0.15) is 20.8 Å². The number of rotatable bonds is 9. The first-order chi connectivity index (χ1) is 20.7. The zero-order valence-electron chi connectivity index (χ0n) is 22.2. The summed E-state index contributed by atoms with van der Waals surface area (Å²) < 4.78 is 40.1. The monoisotopic (exact) mass is 612 g/mol. The van der Waals surface area contributed by atoms with Gasteiger partial charge >= 0.3 is 0 Å². The number of Topliss-reactive ketones (excluding diaryl/α,β-unsaturated/α-hetero) is 1. The van der Waals surface area contributed by atoms with Gasteiger partial charge in [-0.2, -0.15) is 0 Å². The van der Waals surface area contributed by atoms with E-state index in [0.29, 0.717) is 32.8 Å². The van der Waals surface area contributed by atoms with Crippen LogP contribution in [0.4, 0.5) is 0 Å². The summed E-state index contributed by atoms with van der Waals surface area (Å²) in [6.45, 7) is -0.528. The van der Waals surface area contributed by atoms with Crippen LogP contribution in [0.2, 0.25) is 5.02 Å². The van der Waals surface area contributed by atoms with Crippen LogP contribution >= 0.6 is 11.6 Å². The second-order valence-corrected chi connectivity index (χ2v) is 11.6. The SMILES string of the molecule is NC(=O)c1nc2cc(Cl)ccc2cc1OCC(=O)c1cn(S(=O)(=O)c2ccccc2)c2cc(Oc3cccnc3)ccc12. The van der Waals surface area contributed by atoms with Crippen LogP contribution in [0.25, 0.3) is 21.8 Å². The van der Waals surface area contributed by atoms with Gasteiger partial charge in [0.2, 0.25) is 5.78 Å². The molecule has 214 valence electrons. The van der Waals surface area contributed by atoms with Crippen molar-refractivity contribution in [3.63, 3.8) is 0 Å². The normalized spacial score (nSPS) is 11.5. The molecular weight excluding hydrogens is 592 g/mol. The van der Waals surface area contributed by atoms with E-state index in [4.69, 9.17) is 26.8 Å². The summed E-state index contributed by atoms with van der Waals surface area (Å²) in [6.07, 6.45) is 4.37. The van der Waals surface area contributed by atoms with Gasteiger partial charge in [0.15, 0.2) is 18.1 Å². The average molecular weight is 613 g/mol. The van der Waals surface area contributed by atoms with E-state index >= 15 is 0 Å². The molecule has 10 nitrogen and oxygen atoms in total.